The van der Waals surface area contributed by atoms with E-state index in [0.29, 0.717) is 0 Å². The molecule has 0 rings (SSSR count). The van der Waals surface area contributed by atoms with Crippen molar-refractivity contribution in [3.63, 3.8) is 0 Å². The van der Waals surface area contributed by atoms with E-state index < -0.39 is 66.3 Å². The molecule has 0 aromatic carbocycles. The summed E-state index contributed by atoms with van der Waals surface area (Å²) >= 11 is 0. The second-order valence-corrected chi connectivity index (χ2v) is 4.07. The Morgan fingerprint density at radius 3 is 0.962 bits per heavy atom. The second-order valence-electron chi connectivity index (χ2n) is 4.07. The van der Waals surface area contributed by atoms with Gasteiger partial charge in [0.15, 0.2) is 11.8 Å². The third kappa shape index (κ3) is 8.77. The van der Waals surface area contributed by atoms with Crippen LogP contribution in [0.15, 0.2) is 0 Å². The van der Waals surface area contributed by atoms with Crippen molar-refractivity contribution in [3.05, 3.63) is 0 Å². The van der Waals surface area contributed by atoms with Gasteiger partial charge in [-0.25, -0.2) is 14.4 Å². The Morgan fingerprint density at radius 2 is 0.808 bits per heavy atom. The first-order valence-electron chi connectivity index (χ1n) is 5.94. The SMILES string of the molecule is O=C(O)C(C(=O)O)C(C(=O)O)C(=O)O.O=C(O)COC(C(=O)O)C(=O)O. The Hall–Kier alpha value is -3.75. The molecule has 0 atom stereocenters. The standard InChI is InChI=1S/C6H6O8.C5H6O7/c7-3(8)1(4(9)10)2(5(11)12)6(13)14;6-2(7)1-12-3(4(8)9)5(10)11/h1-2H,(H,7,8)(H,9,10)(H,11,12)(H,13,14);3H,1H2,(H,6,7)(H,8,9)(H,10,11). The van der Waals surface area contributed by atoms with Crippen molar-refractivity contribution < 1.29 is 74.0 Å². The summed E-state index contributed by atoms with van der Waals surface area (Å²) in [6.45, 7) is -0.955. The molecule has 0 bridgehead atoms. The average molecular weight is 384 g/mol. The fourth-order valence-electron chi connectivity index (χ4n) is 1.18. The van der Waals surface area contributed by atoms with Gasteiger partial charge < -0.3 is 40.5 Å². The number of hydrogen-bond donors (Lipinski definition) is 7. The summed E-state index contributed by atoms with van der Waals surface area (Å²) in [5.74, 6) is -17.9. The molecule has 15 heteroatoms. The molecule has 0 aliphatic heterocycles. The number of ether oxygens (including phenoxy) is 1. The Balaban J connectivity index is 0. The maximum absolute atomic E-state index is 10.3. The minimum atomic E-state index is -2.50. The fraction of sp³-hybridized carbons (Fsp3) is 0.364. The molecule has 0 saturated carbocycles. The molecule has 0 aromatic heterocycles. The maximum Gasteiger partial charge on any atom is 0.344 e. The van der Waals surface area contributed by atoms with Crippen LogP contribution in [0.1, 0.15) is 0 Å². The van der Waals surface area contributed by atoms with Crippen LogP contribution < -0.4 is 0 Å². The highest BCUT2D eigenvalue weighted by molar-refractivity contribution is 6.05. The lowest BCUT2D eigenvalue weighted by Crippen LogP contribution is -2.40. The summed E-state index contributed by atoms with van der Waals surface area (Å²) in [4.78, 5) is 71.1. The molecule has 0 unspecified atom stereocenters. The molecule has 0 aliphatic rings. The summed E-state index contributed by atoms with van der Waals surface area (Å²) in [5.41, 5.74) is 0. The summed E-state index contributed by atoms with van der Waals surface area (Å²) in [6, 6.07) is 0. The molecule has 0 aromatic rings. The molecule has 0 aliphatic carbocycles. The number of aliphatic carboxylic acids is 7. The van der Waals surface area contributed by atoms with Crippen molar-refractivity contribution in [2.45, 2.75) is 6.10 Å². The molecule has 0 saturated heterocycles. The molecule has 7 N–H and O–H groups in total. The summed E-state index contributed by atoms with van der Waals surface area (Å²) in [6.07, 6.45) is -2.12. The van der Waals surface area contributed by atoms with E-state index in [4.69, 9.17) is 35.7 Å². The van der Waals surface area contributed by atoms with Crippen LogP contribution in [0.4, 0.5) is 0 Å². The first-order chi connectivity index (χ1) is 11.7. The molecular formula is C11H12O15. The normalized spacial score (nSPS) is 9.96. The molecule has 0 spiro atoms. The molecule has 0 fully saturated rings. The van der Waals surface area contributed by atoms with Crippen LogP contribution >= 0.6 is 0 Å². The Morgan fingerprint density at radius 1 is 0.538 bits per heavy atom. The zero-order chi connectivity index (χ0) is 21.2. The van der Waals surface area contributed by atoms with Gasteiger partial charge in [-0.2, -0.15) is 0 Å². The quantitative estimate of drug-likeness (QED) is 0.187. The monoisotopic (exact) mass is 384 g/mol. The van der Waals surface area contributed by atoms with E-state index >= 15 is 0 Å². The predicted molar refractivity (Wildman–Crippen MR) is 70.2 cm³/mol. The van der Waals surface area contributed by atoms with Gasteiger partial charge in [-0.3, -0.25) is 19.2 Å². The van der Waals surface area contributed by atoms with Crippen molar-refractivity contribution in [1.82, 2.24) is 0 Å². The van der Waals surface area contributed by atoms with Crippen LogP contribution in [0.5, 0.6) is 0 Å². The molecule has 146 valence electrons. The number of carbonyl (C=O) groups is 7. The lowest BCUT2D eigenvalue weighted by atomic mass is 9.93. The van der Waals surface area contributed by atoms with Crippen LogP contribution in [0.25, 0.3) is 0 Å². The third-order valence-corrected chi connectivity index (χ3v) is 2.22. The Bertz CT molecular complexity index is 533. The van der Waals surface area contributed by atoms with Crippen LogP contribution in [-0.2, 0) is 38.3 Å². The third-order valence-electron chi connectivity index (χ3n) is 2.22. The predicted octanol–water partition coefficient (Wildman–Crippen LogP) is -2.82. The molecule has 15 nitrogen and oxygen atoms in total. The number of carboxylic acids is 7. The van der Waals surface area contributed by atoms with Crippen molar-refractivity contribution in [2.24, 2.45) is 11.8 Å². The topological polar surface area (TPSA) is 270 Å². The van der Waals surface area contributed by atoms with Gasteiger partial charge in [0.05, 0.1) is 0 Å². The molecule has 26 heavy (non-hydrogen) atoms. The lowest BCUT2D eigenvalue weighted by Gasteiger charge is -2.11. The molecular weight excluding hydrogens is 372 g/mol. The van der Waals surface area contributed by atoms with E-state index in [0.717, 1.165) is 0 Å². The van der Waals surface area contributed by atoms with Gasteiger partial charge in [-0.05, 0) is 0 Å². The first-order valence-corrected chi connectivity index (χ1v) is 5.94. The van der Waals surface area contributed by atoms with Crippen LogP contribution in [0.3, 0.4) is 0 Å². The van der Waals surface area contributed by atoms with Crippen molar-refractivity contribution in [3.8, 4) is 0 Å². The number of carboxylic acid groups (broad SMARTS) is 7. The van der Waals surface area contributed by atoms with Crippen molar-refractivity contribution in [2.75, 3.05) is 6.61 Å². The van der Waals surface area contributed by atoms with Gasteiger partial charge in [0.1, 0.15) is 6.61 Å². The van der Waals surface area contributed by atoms with Gasteiger partial charge in [0.2, 0.25) is 0 Å². The summed E-state index contributed by atoms with van der Waals surface area (Å²) < 4.78 is 4.03. The fourth-order valence-corrected chi connectivity index (χ4v) is 1.18. The van der Waals surface area contributed by atoms with E-state index in [-0.39, 0.29) is 0 Å². The largest absolute Gasteiger partial charge is 0.481 e. The first kappa shape index (κ1) is 24.5. The number of rotatable bonds is 10. The maximum atomic E-state index is 10.3. The van der Waals surface area contributed by atoms with Gasteiger partial charge in [-0.15, -0.1) is 0 Å². The summed E-state index contributed by atoms with van der Waals surface area (Å²) in [7, 11) is 0. The van der Waals surface area contributed by atoms with E-state index in [2.05, 4.69) is 4.74 Å². The highest BCUT2D eigenvalue weighted by atomic mass is 16.6. The van der Waals surface area contributed by atoms with Crippen molar-refractivity contribution >= 4 is 41.8 Å². The van der Waals surface area contributed by atoms with E-state index in [1.165, 1.54) is 0 Å². The Kier molecular flexibility index (Phi) is 10.3. The van der Waals surface area contributed by atoms with E-state index in [9.17, 15) is 33.6 Å². The van der Waals surface area contributed by atoms with Gasteiger partial charge in [-0.1, -0.05) is 0 Å². The van der Waals surface area contributed by atoms with Crippen molar-refractivity contribution in [1.29, 1.82) is 0 Å². The zero-order valence-electron chi connectivity index (χ0n) is 12.3. The van der Waals surface area contributed by atoms with E-state index in [1.807, 2.05) is 0 Å². The summed E-state index contributed by atoms with van der Waals surface area (Å²) in [5, 5.41) is 57.5. The van der Waals surface area contributed by atoms with Gasteiger partial charge >= 0.3 is 41.8 Å². The zero-order valence-corrected chi connectivity index (χ0v) is 12.3. The van der Waals surface area contributed by atoms with Crippen LogP contribution in [0, 0.1) is 11.8 Å². The van der Waals surface area contributed by atoms with Gasteiger partial charge in [0, 0.05) is 0 Å². The highest BCUT2D eigenvalue weighted by Crippen LogP contribution is 2.13. The number of hydrogen-bond acceptors (Lipinski definition) is 8. The highest BCUT2D eigenvalue weighted by Gasteiger charge is 2.44. The van der Waals surface area contributed by atoms with E-state index in [1.54, 1.807) is 0 Å². The second kappa shape index (κ2) is 10.9. The Labute approximate surface area is 141 Å². The minimum Gasteiger partial charge on any atom is -0.481 e. The lowest BCUT2D eigenvalue weighted by molar-refractivity contribution is -0.171. The minimum absolute atomic E-state index is 0.955. The molecule has 0 amide bonds. The van der Waals surface area contributed by atoms with Crippen LogP contribution in [0.2, 0.25) is 0 Å². The molecule has 0 heterocycles. The molecule has 0 radical (unpaired) electrons. The smallest absolute Gasteiger partial charge is 0.344 e. The van der Waals surface area contributed by atoms with Gasteiger partial charge in [0.25, 0.3) is 6.10 Å². The van der Waals surface area contributed by atoms with Crippen LogP contribution in [-0.4, -0.2) is 90.2 Å². The average Bonchev–Trinajstić information content (AvgIpc) is 2.42.